The molecule has 0 bridgehead atoms. The van der Waals surface area contributed by atoms with Crippen LogP contribution in [0.25, 0.3) is 21.8 Å². The number of aromatic amines is 1. The number of aryl methyl sites for hydroxylation is 1. The van der Waals surface area contributed by atoms with Crippen molar-refractivity contribution in [3.8, 4) is 33.3 Å². The fourth-order valence-electron chi connectivity index (χ4n) is 4.39. The molecule has 0 saturated carbocycles. The summed E-state index contributed by atoms with van der Waals surface area (Å²) in [5.74, 6) is 1.22. The normalized spacial score (nSPS) is 15.1. The van der Waals surface area contributed by atoms with Gasteiger partial charge in [0, 0.05) is 28.6 Å². The quantitative estimate of drug-likeness (QED) is 0.420. The van der Waals surface area contributed by atoms with Gasteiger partial charge in [-0.1, -0.05) is 35.9 Å². The third-order valence-corrected chi connectivity index (χ3v) is 7.14. The molecule has 172 valence electrons. The molecule has 0 spiro atoms. The maximum Gasteiger partial charge on any atom is 0.258 e. The molecule has 34 heavy (non-hydrogen) atoms. The van der Waals surface area contributed by atoms with Gasteiger partial charge in [-0.2, -0.15) is 0 Å². The minimum Gasteiger partial charge on any atom is -0.493 e. The second kappa shape index (κ2) is 8.91. The molecule has 1 atom stereocenters. The lowest BCUT2D eigenvalue weighted by Crippen LogP contribution is -2.24. The Bertz CT molecular complexity index is 1440. The number of rotatable bonds is 5. The molecule has 2 aromatic carbocycles. The number of H-pyrrole nitrogens is 1. The van der Waals surface area contributed by atoms with Crippen LogP contribution in [0.2, 0.25) is 0 Å². The van der Waals surface area contributed by atoms with Crippen molar-refractivity contribution in [3.63, 3.8) is 0 Å². The van der Waals surface area contributed by atoms with Crippen molar-refractivity contribution in [3.05, 3.63) is 86.6 Å². The van der Waals surface area contributed by atoms with E-state index in [0.717, 1.165) is 16.8 Å². The monoisotopic (exact) mass is 472 g/mol. The smallest absolute Gasteiger partial charge is 0.258 e. The number of ketones is 1. The fraction of sp³-hybridized carbons (Fsp3) is 0.222. The number of nitrogens with zero attached hydrogens (tertiary/aromatic N) is 1. The van der Waals surface area contributed by atoms with Gasteiger partial charge in [0.15, 0.2) is 17.3 Å². The van der Waals surface area contributed by atoms with Crippen LogP contribution in [0.3, 0.4) is 0 Å². The topological polar surface area (TPSA) is 81.3 Å². The number of ether oxygens (including phenoxy) is 2. The largest absolute Gasteiger partial charge is 0.493 e. The molecule has 0 fully saturated rings. The van der Waals surface area contributed by atoms with Crippen LogP contribution in [-0.4, -0.2) is 30.0 Å². The van der Waals surface area contributed by atoms with Crippen molar-refractivity contribution in [1.29, 1.82) is 0 Å². The summed E-state index contributed by atoms with van der Waals surface area (Å²) >= 11 is 1.40. The summed E-state index contributed by atoms with van der Waals surface area (Å²) in [6.45, 7) is 2.04. The maximum atomic E-state index is 13.1. The molecule has 0 aliphatic heterocycles. The highest BCUT2D eigenvalue weighted by molar-refractivity contribution is 7.13. The van der Waals surface area contributed by atoms with Gasteiger partial charge < -0.3 is 14.5 Å². The number of carbonyl (C=O) groups excluding carboxylic acids is 1. The van der Waals surface area contributed by atoms with E-state index in [1.165, 1.54) is 16.9 Å². The fourth-order valence-corrected chi connectivity index (χ4v) is 5.23. The van der Waals surface area contributed by atoms with Crippen molar-refractivity contribution in [2.24, 2.45) is 0 Å². The molecule has 0 saturated heterocycles. The van der Waals surface area contributed by atoms with E-state index in [2.05, 4.69) is 9.97 Å². The minimum absolute atomic E-state index is 0.00819. The van der Waals surface area contributed by atoms with Crippen molar-refractivity contribution in [2.75, 3.05) is 14.2 Å². The van der Waals surface area contributed by atoms with Crippen LogP contribution in [0.5, 0.6) is 11.5 Å². The highest BCUT2D eigenvalue weighted by Gasteiger charge is 2.29. The van der Waals surface area contributed by atoms with Gasteiger partial charge in [0.2, 0.25) is 0 Å². The third-order valence-electron chi connectivity index (χ3n) is 6.27. The number of hydrogen-bond acceptors (Lipinski definition) is 6. The second-order valence-electron chi connectivity index (χ2n) is 8.45. The Morgan fingerprint density at radius 2 is 1.71 bits per heavy atom. The van der Waals surface area contributed by atoms with Crippen LogP contribution in [0.1, 0.15) is 39.5 Å². The van der Waals surface area contributed by atoms with E-state index >= 15 is 0 Å². The van der Waals surface area contributed by atoms with Gasteiger partial charge in [0.1, 0.15) is 5.01 Å². The molecule has 2 aromatic heterocycles. The molecule has 1 aliphatic carbocycles. The van der Waals surface area contributed by atoms with Crippen molar-refractivity contribution < 1.29 is 14.3 Å². The van der Waals surface area contributed by atoms with Crippen molar-refractivity contribution in [2.45, 2.75) is 25.7 Å². The van der Waals surface area contributed by atoms with Crippen LogP contribution in [-0.2, 0) is 6.42 Å². The van der Waals surface area contributed by atoms with Gasteiger partial charge in [-0.15, -0.1) is 11.3 Å². The SMILES string of the molecule is COc1ccc([C@@H]2CC(=O)c3cc(-c4nc(-c5ccc(C)cc5)cs4)c(=O)[nH]c3C2)cc1OC. The average Bonchev–Trinajstić information content (AvgIpc) is 3.33. The van der Waals surface area contributed by atoms with E-state index < -0.39 is 0 Å². The summed E-state index contributed by atoms with van der Waals surface area (Å²) in [6, 6.07) is 15.5. The molecule has 7 heteroatoms. The molecule has 1 N–H and O–H groups in total. The zero-order valence-corrected chi connectivity index (χ0v) is 20.0. The maximum absolute atomic E-state index is 13.1. The highest BCUT2D eigenvalue weighted by atomic mass is 32.1. The highest BCUT2D eigenvalue weighted by Crippen LogP contribution is 2.37. The summed E-state index contributed by atoms with van der Waals surface area (Å²) in [5.41, 5.74) is 5.40. The number of thiazole rings is 1. The lowest BCUT2D eigenvalue weighted by Gasteiger charge is -2.24. The van der Waals surface area contributed by atoms with Crippen molar-refractivity contribution in [1.82, 2.24) is 9.97 Å². The lowest BCUT2D eigenvalue weighted by molar-refractivity contribution is 0.0963. The zero-order chi connectivity index (χ0) is 23.8. The zero-order valence-electron chi connectivity index (χ0n) is 19.2. The summed E-state index contributed by atoms with van der Waals surface area (Å²) in [7, 11) is 3.18. The second-order valence-corrected chi connectivity index (χ2v) is 9.31. The number of methoxy groups -OCH3 is 2. The van der Waals surface area contributed by atoms with E-state index in [9.17, 15) is 9.59 Å². The number of benzene rings is 2. The molecular formula is C27H24N2O4S. The number of hydrogen-bond donors (Lipinski definition) is 1. The Balaban J connectivity index is 1.46. The first-order chi connectivity index (χ1) is 16.5. The standard InChI is InChI=1S/C27H24N2O4S/c1-15-4-6-16(7-5-15)22-14-34-27(29-22)20-13-19-21(28-26(20)31)10-18(11-23(19)30)17-8-9-24(32-2)25(12-17)33-3/h4-9,12-14,18H,10-11H2,1-3H3,(H,28,31)/t18-/m0/s1. The molecule has 0 amide bonds. The molecule has 0 unspecified atom stereocenters. The first kappa shape index (κ1) is 22.1. The van der Waals surface area contributed by atoms with E-state index in [1.807, 2.05) is 54.8 Å². The summed E-state index contributed by atoms with van der Waals surface area (Å²) < 4.78 is 10.7. The predicted molar refractivity (Wildman–Crippen MR) is 133 cm³/mol. The molecular weight excluding hydrogens is 448 g/mol. The van der Waals surface area contributed by atoms with E-state index in [0.29, 0.717) is 46.2 Å². The predicted octanol–water partition coefficient (Wildman–Crippen LogP) is 5.40. The van der Waals surface area contributed by atoms with Gasteiger partial charge >= 0.3 is 0 Å². The van der Waals surface area contributed by atoms with Crippen LogP contribution < -0.4 is 15.0 Å². The van der Waals surface area contributed by atoms with Gasteiger partial charge in [-0.25, -0.2) is 4.98 Å². The molecule has 4 aromatic rings. The molecule has 1 aliphatic rings. The number of carbonyl (C=O) groups is 1. The Labute approximate surface area is 201 Å². The lowest BCUT2D eigenvalue weighted by atomic mass is 9.81. The van der Waals surface area contributed by atoms with Gasteiger partial charge in [0.05, 0.1) is 25.5 Å². The summed E-state index contributed by atoms with van der Waals surface area (Å²) in [5, 5.41) is 2.54. The van der Waals surface area contributed by atoms with Crippen LogP contribution >= 0.6 is 11.3 Å². The number of nitrogens with one attached hydrogen (secondary N) is 1. The number of Topliss-reactive ketones (excluding diaryl/α,β-unsaturated/α-hetero) is 1. The Kier molecular flexibility index (Phi) is 5.79. The Hall–Kier alpha value is -3.71. The van der Waals surface area contributed by atoms with E-state index in [4.69, 9.17) is 9.47 Å². The third kappa shape index (κ3) is 4.03. The molecule has 6 nitrogen and oxygen atoms in total. The van der Waals surface area contributed by atoms with Gasteiger partial charge in [-0.05, 0) is 43.0 Å². The number of pyridine rings is 1. The van der Waals surface area contributed by atoms with Gasteiger partial charge in [-0.3, -0.25) is 9.59 Å². The van der Waals surface area contributed by atoms with Crippen LogP contribution in [0.15, 0.2) is 58.7 Å². The summed E-state index contributed by atoms with van der Waals surface area (Å²) in [4.78, 5) is 33.7. The molecule has 0 radical (unpaired) electrons. The van der Waals surface area contributed by atoms with Crippen molar-refractivity contribution >= 4 is 17.1 Å². The van der Waals surface area contributed by atoms with Gasteiger partial charge in [0.25, 0.3) is 5.56 Å². The van der Waals surface area contributed by atoms with E-state index in [-0.39, 0.29) is 17.3 Å². The minimum atomic E-state index is -0.232. The summed E-state index contributed by atoms with van der Waals surface area (Å²) in [6.07, 6.45) is 0.930. The Morgan fingerprint density at radius 3 is 2.44 bits per heavy atom. The first-order valence-electron chi connectivity index (χ1n) is 11.0. The van der Waals surface area contributed by atoms with E-state index in [1.54, 1.807) is 20.3 Å². The number of fused-ring (bicyclic) bond motifs is 1. The molecule has 2 heterocycles. The Morgan fingerprint density at radius 1 is 0.941 bits per heavy atom. The van der Waals surface area contributed by atoms with Crippen LogP contribution in [0.4, 0.5) is 0 Å². The average molecular weight is 473 g/mol. The van der Waals surface area contributed by atoms with Crippen LogP contribution in [0, 0.1) is 6.92 Å². The first-order valence-corrected chi connectivity index (χ1v) is 11.9. The molecule has 5 rings (SSSR count). The number of aromatic nitrogens is 2.